The summed E-state index contributed by atoms with van der Waals surface area (Å²) in [6.45, 7) is 3.89. The van der Waals surface area contributed by atoms with Crippen molar-refractivity contribution >= 4 is 5.82 Å². The van der Waals surface area contributed by atoms with Crippen LogP contribution in [0.15, 0.2) is 42.5 Å². The fraction of sp³-hybridized carbons (Fsp3) is 0.412. The predicted octanol–water partition coefficient (Wildman–Crippen LogP) is 2.57. The smallest absolute Gasteiger partial charge is 0.149 e. The average molecular weight is 299 g/mol. The van der Waals surface area contributed by atoms with E-state index in [2.05, 4.69) is 27.6 Å². The van der Waals surface area contributed by atoms with Crippen LogP contribution in [0.1, 0.15) is 17.7 Å². The van der Waals surface area contributed by atoms with Gasteiger partial charge in [-0.05, 0) is 31.0 Å². The number of benzene rings is 1. The van der Waals surface area contributed by atoms with Crippen LogP contribution in [0, 0.1) is 6.92 Å². The summed E-state index contributed by atoms with van der Waals surface area (Å²) in [6.07, 6.45) is 0.987. The van der Waals surface area contributed by atoms with Crippen LogP contribution in [0.5, 0.6) is 0 Å². The van der Waals surface area contributed by atoms with Gasteiger partial charge in [-0.3, -0.25) is 0 Å². The van der Waals surface area contributed by atoms with Gasteiger partial charge in [-0.1, -0.05) is 30.3 Å². The van der Waals surface area contributed by atoms with E-state index in [0.29, 0.717) is 13.2 Å². The normalized spacial score (nSPS) is 21.5. The molecule has 3 rings (SSSR count). The molecule has 0 radical (unpaired) electrons. The highest BCUT2D eigenvalue weighted by Crippen LogP contribution is 2.17. The molecule has 2 heterocycles. The van der Waals surface area contributed by atoms with E-state index in [-0.39, 0.29) is 12.1 Å². The molecule has 22 heavy (non-hydrogen) atoms. The maximum atomic E-state index is 6.09. The van der Waals surface area contributed by atoms with Gasteiger partial charge in [0.15, 0.2) is 0 Å². The van der Waals surface area contributed by atoms with Crippen LogP contribution in [0.25, 0.3) is 0 Å². The van der Waals surface area contributed by atoms with Crippen molar-refractivity contribution in [3.8, 4) is 0 Å². The third-order valence-electron chi connectivity index (χ3n) is 3.73. The largest absolute Gasteiger partial charge is 0.379 e. The highest BCUT2D eigenvalue weighted by Gasteiger charge is 2.26. The molecule has 1 N–H and O–H groups in total. The molecule has 0 spiro atoms. The standard InChI is InChI=1S/C17H21N3O2/c1-13-7-8-17(20-19-13)18-15-12-21-10-9-16(15)22-11-14-5-3-2-4-6-14/h2-8,15-16H,9-12H2,1H3,(H,18,20)/t15-,16+/m1/s1. The first-order valence-corrected chi connectivity index (χ1v) is 7.61. The molecule has 0 aliphatic carbocycles. The summed E-state index contributed by atoms with van der Waals surface area (Å²) >= 11 is 0. The molecular formula is C17H21N3O2. The Kier molecular flexibility index (Phi) is 4.98. The summed E-state index contributed by atoms with van der Waals surface area (Å²) in [7, 11) is 0. The summed E-state index contributed by atoms with van der Waals surface area (Å²) in [5, 5.41) is 11.6. The van der Waals surface area contributed by atoms with Gasteiger partial charge in [-0.15, -0.1) is 5.10 Å². The monoisotopic (exact) mass is 299 g/mol. The summed E-state index contributed by atoms with van der Waals surface area (Å²) in [5.74, 6) is 0.759. The molecule has 1 fully saturated rings. The van der Waals surface area contributed by atoms with Gasteiger partial charge in [0.1, 0.15) is 5.82 Å². The molecular weight excluding hydrogens is 278 g/mol. The van der Waals surface area contributed by atoms with Crippen molar-refractivity contribution < 1.29 is 9.47 Å². The second-order valence-electron chi connectivity index (χ2n) is 5.51. The van der Waals surface area contributed by atoms with E-state index in [1.165, 1.54) is 5.56 Å². The van der Waals surface area contributed by atoms with Crippen molar-refractivity contribution in [2.45, 2.75) is 32.1 Å². The zero-order chi connectivity index (χ0) is 15.2. The Labute approximate surface area is 130 Å². The first-order chi connectivity index (χ1) is 10.8. The van der Waals surface area contributed by atoms with Crippen LogP contribution in [0.4, 0.5) is 5.82 Å². The van der Waals surface area contributed by atoms with Gasteiger partial charge in [0.2, 0.25) is 0 Å². The average Bonchev–Trinajstić information content (AvgIpc) is 2.57. The lowest BCUT2D eigenvalue weighted by Crippen LogP contribution is -2.44. The summed E-state index contributed by atoms with van der Waals surface area (Å²) < 4.78 is 11.7. The lowest BCUT2D eigenvalue weighted by molar-refractivity contribution is -0.0479. The van der Waals surface area contributed by atoms with Crippen LogP contribution in [-0.2, 0) is 16.1 Å². The first-order valence-electron chi connectivity index (χ1n) is 7.61. The zero-order valence-electron chi connectivity index (χ0n) is 12.7. The minimum Gasteiger partial charge on any atom is -0.379 e. The summed E-state index contributed by atoms with van der Waals surface area (Å²) in [6, 6.07) is 14.2. The fourth-order valence-corrected chi connectivity index (χ4v) is 2.50. The molecule has 116 valence electrons. The molecule has 5 heteroatoms. The van der Waals surface area contributed by atoms with Crippen LogP contribution >= 0.6 is 0 Å². The zero-order valence-corrected chi connectivity index (χ0v) is 12.7. The van der Waals surface area contributed by atoms with Crippen LogP contribution in [0.2, 0.25) is 0 Å². The fourth-order valence-electron chi connectivity index (χ4n) is 2.50. The number of anilines is 1. The van der Waals surface area contributed by atoms with E-state index in [0.717, 1.165) is 24.5 Å². The van der Waals surface area contributed by atoms with Crippen molar-refractivity contribution in [2.24, 2.45) is 0 Å². The molecule has 1 aromatic heterocycles. The van der Waals surface area contributed by atoms with Crippen molar-refractivity contribution in [1.82, 2.24) is 10.2 Å². The Bertz CT molecular complexity index is 574. The molecule has 1 aliphatic heterocycles. The predicted molar refractivity (Wildman–Crippen MR) is 84.6 cm³/mol. The molecule has 1 aliphatic rings. The lowest BCUT2D eigenvalue weighted by atomic mass is 10.1. The summed E-state index contributed by atoms with van der Waals surface area (Å²) in [5.41, 5.74) is 2.09. The van der Waals surface area contributed by atoms with Crippen LogP contribution in [-0.4, -0.2) is 35.6 Å². The third-order valence-corrected chi connectivity index (χ3v) is 3.73. The molecule has 0 unspecified atom stereocenters. The molecule has 0 bridgehead atoms. The highest BCUT2D eigenvalue weighted by atomic mass is 16.5. The van der Waals surface area contributed by atoms with E-state index in [1.54, 1.807) is 0 Å². The SMILES string of the molecule is Cc1ccc(N[C@@H]2COCC[C@@H]2OCc2ccccc2)nn1. The van der Waals surface area contributed by atoms with Gasteiger partial charge < -0.3 is 14.8 Å². The Balaban J connectivity index is 1.59. The quantitative estimate of drug-likeness (QED) is 0.919. The second kappa shape index (κ2) is 7.33. The van der Waals surface area contributed by atoms with Gasteiger partial charge in [-0.2, -0.15) is 5.10 Å². The Hall–Kier alpha value is -1.98. The van der Waals surface area contributed by atoms with E-state index >= 15 is 0 Å². The van der Waals surface area contributed by atoms with Gasteiger partial charge in [-0.25, -0.2) is 0 Å². The maximum absolute atomic E-state index is 6.09. The van der Waals surface area contributed by atoms with E-state index in [1.807, 2.05) is 37.3 Å². The Morgan fingerprint density at radius 1 is 1.18 bits per heavy atom. The number of hydrogen-bond acceptors (Lipinski definition) is 5. The van der Waals surface area contributed by atoms with E-state index < -0.39 is 0 Å². The van der Waals surface area contributed by atoms with E-state index in [9.17, 15) is 0 Å². The van der Waals surface area contributed by atoms with E-state index in [4.69, 9.17) is 9.47 Å². The second-order valence-corrected chi connectivity index (χ2v) is 5.51. The molecule has 0 saturated carbocycles. The van der Waals surface area contributed by atoms with Crippen LogP contribution in [0.3, 0.4) is 0 Å². The Morgan fingerprint density at radius 3 is 2.82 bits per heavy atom. The van der Waals surface area contributed by atoms with Gasteiger partial charge in [0.25, 0.3) is 0 Å². The Morgan fingerprint density at radius 2 is 2.05 bits per heavy atom. The molecule has 2 atom stereocenters. The molecule has 5 nitrogen and oxygen atoms in total. The first kappa shape index (κ1) is 14.9. The van der Waals surface area contributed by atoms with Gasteiger partial charge >= 0.3 is 0 Å². The number of hydrogen-bond donors (Lipinski definition) is 1. The molecule has 2 aromatic rings. The molecule has 1 aromatic carbocycles. The molecule has 1 saturated heterocycles. The number of aromatic nitrogens is 2. The van der Waals surface area contributed by atoms with Crippen molar-refractivity contribution in [3.63, 3.8) is 0 Å². The third kappa shape index (κ3) is 4.02. The minimum absolute atomic E-state index is 0.0921. The van der Waals surface area contributed by atoms with Crippen LogP contribution < -0.4 is 5.32 Å². The summed E-state index contributed by atoms with van der Waals surface area (Å²) in [4.78, 5) is 0. The number of ether oxygens (including phenoxy) is 2. The van der Waals surface area contributed by atoms with Crippen molar-refractivity contribution in [3.05, 3.63) is 53.7 Å². The maximum Gasteiger partial charge on any atom is 0.149 e. The number of nitrogens with zero attached hydrogens (tertiary/aromatic N) is 2. The number of aryl methyl sites for hydroxylation is 1. The van der Waals surface area contributed by atoms with Gasteiger partial charge in [0, 0.05) is 6.61 Å². The minimum atomic E-state index is 0.0921. The van der Waals surface area contributed by atoms with Crippen molar-refractivity contribution in [2.75, 3.05) is 18.5 Å². The number of rotatable bonds is 5. The molecule has 0 amide bonds. The van der Waals surface area contributed by atoms with Gasteiger partial charge in [0.05, 0.1) is 31.1 Å². The number of nitrogens with one attached hydrogen (secondary N) is 1. The highest BCUT2D eigenvalue weighted by molar-refractivity contribution is 5.34. The lowest BCUT2D eigenvalue weighted by Gasteiger charge is -2.32. The van der Waals surface area contributed by atoms with Crippen molar-refractivity contribution in [1.29, 1.82) is 0 Å². The topological polar surface area (TPSA) is 56.3 Å².